The summed E-state index contributed by atoms with van der Waals surface area (Å²) in [6.07, 6.45) is -3.18. The van der Waals surface area contributed by atoms with Crippen LogP contribution in [0, 0.1) is 0 Å². The van der Waals surface area contributed by atoms with Crippen LogP contribution in [-0.2, 0) is 4.79 Å². The second-order valence-electron chi connectivity index (χ2n) is 5.38. The van der Waals surface area contributed by atoms with E-state index < -0.39 is 6.36 Å². The quantitative estimate of drug-likeness (QED) is 0.829. The lowest BCUT2D eigenvalue weighted by Gasteiger charge is -2.10. The minimum atomic E-state index is -4.75. The summed E-state index contributed by atoms with van der Waals surface area (Å²) in [5.41, 5.74) is 2.09. The van der Waals surface area contributed by atoms with Gasteiger partial charge in [0.1, 0.15) is 5.75 Å². The van der Waals surface area contributed by atoms with Gasteiger partial charge in [-0.15, -0.1) is 13.2 Å². The summed E-state index contributed by atoms with van der Waals surface area (Å²) < 4.78 is 50.9. The number of carbonyl (C=O) groups excluding carboxylic acids is 1. The molecule has 2 aromatic carbocycles. The van der Waals surface area contributed by atoms with E-state index in [9.17, 15) is 18.0 Å². The summed E-state index contributed by atoms with van der Waals surface area (Å²) >= 11 is 0. The number of hydrogen-bond donors (Lipinski definition) is 1. The summed E-state index contributed by atoms with van der Waals surface area (Å²) in [7, 11) is 2.97. The van der Waals surface area contributed by atoms with Gasteiger partial charge in [-0.3, -0.25) is 4.79 Å². The molecule has 8 heteroatoms. The molecule has 2 aromatic rings. The van der Waals surface area contributed by atoms with E-state index in [-0.39, 0.29) is 11.7 Å². The van der Waals surface area contributed by atoms with Crippen LogP contribution in [0.25, 0.3) is 11.6 Å². The number of hydrogen-bond acceptors (Lipinski definition) is 4. The average molecular weight is 365 g/mol. The van der Waals surface area contributed by atoms with Crippen molar-refractivity contribution in [1.82, 2.24) is 0 Å². The van der Waals surface area contributed by atoms with Crippen LogP contribution in [0.15, 0.2) is 36.4 Å². The molecule has 0 bridgehead atoms. The van der Waals surface area contributed by atoms with Gasteiger partial charge in [-0.2, -0.15) is 0 Å². The number of rotatable bonds is 4. The van der Waals surface area contributed by atoms with E-state index in [1.807, 2.05) is 0 Å². The van der Waals surface area contributed by atoms with Gasteiger partial charge < -0.3 is 19.5 Å². The second kappa shape index (κ2) is 6.62. The Morgan fingerprint density at radius 2 is 1.62 bits per heavy atom. The lowest BCUT2D eigenvalue weighted by atomic mass is 10.0. The SMILES string of the molecule is COc1cc2c(cc1OC)/C(=C\c1ccc(OC(F)(F)F)cc1)C(=O)N2. The number of nitrogens with one attached hydrogen (secondary N) is 1. The fraction of sp³-hybridized carbons (Fsp3) is 0.167. The minimum Gasteiger partial charge on any atom is -0.493 e. The van der Waals surface area contributed by atoms with E-state index in [2.05, 4.69) is 10.1 Å². The Morgan fingerprint density at radius 1 is 1.00 bits per heavy atom. The Bertz CT molecular complexity index is 873. The Morgan fingerprint density at radius 3 is 2.19 bits per heavy atom. The van der Waals surface area contributed by atoms with E-state index in [1.54, 1.807) is 18.2 Å². The topological polar surface area (TPSA) is 56.8 Å². The van der Waals surface area contributed by atoms with Crippen LogP contribution < -0.4 is 19.5 Å². The van der Waals surface area contributed by atoms with Crippen molar-refractivity contribution in [3.63, 3.8) is 0 Å². The third-order valence-corrected chi connectivity index (χ3v) is 3.73. The number of alkyl halides is 3. The van der Waals surface area contributed by atoms with E-state index in [0.29, 0.717) is 33.9 Å². The number of methoxy groups -OCH3 is 2. The standard InChI is InChI=1S/C18H14F3NO4/c1-24-15-8-12-13(17(23)22-14(12)9-16(15)25-2)7-10-3-5-11(6-4-10)26-18(19,20)21/h3-9H,1-2H3,(H,22,23)/b13-7+. The van der Waals surface area contributed by atoms with Crippen LogP contribution >= 0.6 is 0 Å². The molecular weight excluding hydrogens is 351 g/mol. The minimum absolute atomic E-state index is 0.328. The van der Waals surface area contributed by atoms with Gasteiger partial charge in [0.2, 0.25) is 0 Å². The highest BCUT2D eigenvalue weighted by Gasteiger charge is 2.31. The fourth-order valence-electron chi connectivity index (χ4n) is 2.59. The van der Waals surface area contributed by atoms with Crippen molar-refractivity contribution in [2.75, 3.05) is 19.5 Å². The monoisotopic (exact) mass is 365 g/mol. The third kappa shape index (κ3) is 3.58. The number of fused-ring (bicyclic) bond motifs is 1. The molecule has 0 atom stereocenters. The summed E-state index contributed by atoms with van der Waals surface area (Å²) in [6.45, 7) is 0. The van der Waals surface area contributed by atoms with Gasteiger partial charge in [0, 0.05) is 17.2 Å². The molecule has 0 aromatic heterocycles. The molecule has 5 nitrogen and oxygen atoms in total. The van der Waals surface area contributed by atoms with E-state index in [4.69, 9.17) is 9.47 Å². The summed E-state index contributed by atoms with van der Waals surface area (Å²) in [4.78, 5) is 12.3. The van der Waals surface area contributed by atoms with Crippen molar-refractivity contribution in [3.8, 4) is 17.2 Å². The van der Waals surface area contributed by atoms with Crippen LogP contribution in [0.4, 0.5) is 18.9 Å². The third-order valence-electron chi connectivity index (χ3n) is 3.73. The van der Waals surface area contributed by atoms with Gasteiger partial charge in [0.05, 0.1) is 19.9 Å². The van der Waals surface area contributed by atoms with Gasteiger partial charge in [-0.05, 0) is 29.8 Å². The first kappa shape index (κ1) is 17.7. The van der Waals surface area contributed by atoms with E-state index >= 15 is 0 Å². The molecule has 1 aliphatic rings. The molecule has 0 fully saturated rings. The van der Waals surface area contributed by atoms with Gasteiger partial charge in [0.15, 0.2) is 11.5 Å². The van der Waals surface area contributed by atoms with Gasteiger partial charge in [-0.25, -0.2) is 0 Å². The molecule has 136 valence electrons. The first-order valence-corrected chi connectivity index (χ1v) is 7.46. The van der Waals surface area contributed by atoms with Crippen molar-refractivity contribution in [1.29, 1.82) is 0 Å². The molecule has 0 saturated carbocycles. The lowest BCUT2D eigenvalue weighted by molar-refractivity contribution is -0.274. The van der Waals surface area contributed by atoms with Crippen molar-refractivity contribution in [2.24, 2.45) is 0 Å². The highest BCUT2D eigenvalue weighted by Crippen LogP contribution is 2.41. The second-order valence-corrected chi connectivity index (χ2v) is 5.38. The first-order valence-electron chi connectivity index (χ1n) is 7.46. The van der Waals surface area contributed by atoms with Gasteiger partial charge in [0.25, 0.3) is 5.91 Å². The van der Waals surface area contributed by atoms with E-state index in [0.717, 1.165) is 0 Å². The van der Waals surface area contributed by atoms with Crippen molar-refractivity contribution >= 4 is 23.2 Å². The number of ether oxygens (including phenoxy) is 3. The molecule has 0 unspecified atom stereocenters. The maximum absolute atomic E-state index is 12.3. The molecule has 0 spiro atoms. The highest BCUT2D eigenvalue weighted by atomic mass is 19.4. The highest BCUT2D eigenvalue weighted by molar-refractivity contribution is 6.35. The Labute approximate surface area is 147 Å². The largest absolute Gasteiger partial charge is 0.573 e. The number of amides is 1. The Kier molecular flexibility index (Phi) is 4.50. The van der Waals surface area contributed by atoms with Crippen molar-refractivity contribution in [2.45, 2.75) is 6.36 Å². The van der Waals surface area contributed by atoms with Crippen molar-refractivity contribution in [3.05, 3.63) is 47.5 Å². The molecule has 3 rings (SSSR count). The van der Waals surface area contributed by atoms with Crippen molar-refractivity contribution < 1.29 is 32.2 Å². The zero-order valence-electron chi connectivity index (χ0n) is 13.8. The van der Waals surface area contributed by atoms with Crippen LogP contribution in [0.3, 0.4) is 0 Å². The molecule has 0 saturated heterocycles. The molecular formula is C18H14F3NO4. The number of anilines is 1. The molecule has 1 N–H and O–H groups in total. The summed E-state index contributed by atoms with van der Waals surface area (Å²) in [5, 5.41) is 2.72. The molecule has 0 aliphatic carbocycles. The summed E-state index contributed by atoms with van der Waals surface area (Å²) in [5.74, 6) is 0.275. The van der Waals surface area contributed by atoms with Crippen LogP contribution in [0.5, 0.6) is 17.2 Å². The smallest absolute Gasteiger partial charge is 0.493 e. The predicted octanol–water partition coefficient (Wildman–Crippen LogP) is 4.10. The maximum atomic E-state index is 12.3. The van der Waals surface area contributed by atoms with Gasteiger partial charge >= 0.3 is 6.36 Å². The zero-order chi connectivity index (χ0) is 18.9. The van der Waals surface area contributed by atoms with Gasteiger partial charge in [-0.1, -0.05) is 12.1 Å². The Hall–Kier alpha value is -3.16. The van der Waals surface area contributed by atoms with Crippen LogP contribution in [-0.4, -0.2) is 26.5 Å². The molecule has 1 amide bonds. The normalized spacial score (nSPS) is 14.8. The zero-order valence-corrected chi connectivity index (χ0v) is 13.8. The van der Waals surface area contributed by atoms with Crippen LogP contribution in [0.2, 0.25) is 0 Å². The fourth-order valence-corrected chi connectivity index (χ4v) is 2.59. The number of carbonyl (C=O) groups is 1. The van der Waals surface area contributed by atoms with Crippen LogP contribution in [0.1, 0.15) is 11.1 Å². The number of halogens is 3. The molecule has 26 heavy (non-hydrogen) atoms. The first-order chi connectivity index (χ1) is 12.3. The molecule has 1 heterocycles. The summed E-state index contributed by atoms with van der Waals surface area (Å²) in [6, 6.07) is 8.54. The van der Waals surface area contributed by atoms with E-state index in [1.165, 1.54) is 38.5 Å². The predicted molar refractivity (Wildman–Crippen MR) is 89.2 cm³/mol. The lowest BCUT2D eigenvalue weighted by Crippen LogP contribution is -2.16. The maximum Gasteiger partial charge on any atom is 0.573 e. The molecule has 1 aliphatic heterocycles. The Balaban J connectivity index is 1.94. The number of benzene rings is 2. The average Bonchev–Trinajstić information content (AvgIpc) is 2.88. The molecule has 0 radical (unpaired) electrons.